The van der Waals surface area contributed by atoms with Gasteiger partial charge in [-0.3, -0.25) is 9.59 Å². The first-order valence-corrected chi connectivity index (χ1v) is 11.0. The largest absolute Gasteiger partial charge is 0.482 e. The number of esters is 1. The van der Waals surface area contributed by atoms with Crippen LogP contribution in [0.15, 0.2) is 24.3 Å². The van der Waals surface area contributed by atoms with Crippen molar-refractivity contribution in [3.63, 3.8) is 0 Å². The van der Waals surface area contributed by atoms with Gasteiger partial charge in [0.15, 0.2) is 19.0 Å². The van der Waals surface area contributed by atoms with Crippen LogP contribution < -0.4 is 10.1 Å². The minimum Gasteiger partial charge on any atom is -0.482 e. The lowest BCUT2D eigenvalue weighted by Gasteiger charge is -2.59. The molecule has 0 unspecified atom stereocenters. The molecule has 1 amide bonds. The molecule has 4 aliphatic carbocycles. The van der Waals surface area contributed by atoms with Crippen LogP contribution in [0.2, 0.25) is 0 Å². The number of Topliss-reactive ketones (excluding diaryl/α,β-unsaturated/α-hetero) is 1. The van der Waals surface area contributed by atoms with Gasteiger partial charge in [-0.15, -0.1) is 0 Å². The maximum Gasteiger partial charge on any atom is 0.344 e. The fraction of sp³-hybridized carbons (Fsp3) is 0.625. The highest BCUT2D eigenvalue weighted by Crippen LogP contribution is 2.61. The van der Waals surface area contributed by atoms with E-state index in [2.05, 4.69) is 12.2 Å². The Morgan fingerprint density at radius 1 is 1.07 bits per heavy atom. The van der Waals surface area contributed by atoms with E-state index in [4.69, 9.17) is 9.47 Å². The summed E-state index contributed by atoms with van der Waals surface area (Å²) in [5, 5.41) is 3.09. The molecule has 4 saturated carbocycles. The minimum atomic E-state index is -0.610. The molecule has 1 aromatic carbocycles. The molecule has 1 atom stereocenters. The van der Waals surface area contributed by atoms with E-state index in [0.29, 0.717) is 11.3 Å². The monoisotopic (exact) mass is 413 g/mol. The Morgan fingerprint density at radius 3 is 2.30 bits per heavy atom. The van der Waals surface area contributed by atoms with E-state index in [1.54, 1.807) is 24.3 Å². The standard InChI is InChI=1S/C24H31NO5/c1-15(26)20-4-3-5-21(9-20)29-14-23(28)30-13-22(27)25-16(2)24-10-17-6-18(11-24)8-19(7-17)12-24/h3-5,9,16-19H,6-8,10-14H2,1-2H3,(H,25,27)/t16-,17?,18?,19?,24?/m0/s1. The van der Waals surface area contributed by atoms with E-state index >= 15 is 0 Å². The number of carbonyl (C=O) groups is 3. The van der Waals surface area contributed by atoms with Gasteiger partial charge in [-0.1, -0.05) is 12.1 Å². The number of hydrogen-bond acceptors (Lipinski definition) is 5. The van der Waals surface area contributed by atoms with Crippen LogP contribution in [0.4, 0.5) is 0 Å². The van der Waals surface area contributed by atoms with Crippen LogP contribution >= 0.6 is 0 Å². The average Bonchev–Trinajstić information content (AvgIpc) is 2.70. The minimum absolute atomic E-state index is 0.0761. The zero-order valence-corrected chi connectivity index (χ0v) is 17.8. The third-order valence-electron chi connectivity index (χ3n) is 7.34. The van der Waals surface area contributed by atoms with Crippen LogP contribution in [0.1, 0.15) is 62.7 Å². The molecule has 6 heteroatoms. The molecule has 4 fully saturated rings. The van der Waals surface area contributed by atoms with E-state index in [1.165, 1.54) is 45.4 Å². The zero-order valence-electron chi connectivity index (χ0n) is 17.8. The molecule has 0 spiro atoms. The molecule has 1 aromatic rings. The lowest BCUT2D eigenvalue weighted by molar-refractivity contribution is -0.151. The van der Waals surface area contributed by atoms with Crippen LogP contribution in [0, 0.1) is 23.2 Å². The van der Waals surface area contributed by atoms with Crippen LogP contribution in [0.25, 0.3) is 0 Å². The normalized spacial score (nSPS) is 29.9. The molecule has 0 radical (unpaired) electrons. The molecule has 5 rings (SSSR count). The van der Waals surface area contributed by atoms with Gasteiger partial charge in [-0.05, 0) is 87.7 Å². The highest BCUT2D eigenvalue weighted by Gasteiger charge is 2.53. The second-order valence-corrected chi connectivity index (χ2v) is 9.60. The van der Waals surface area contributed by atoms with Crippen LogP contribution in [-0.4, -0.2) is 36.9 Å². The summed E-state index contributed by atoms with van der Waals surface area (Å²) in [6, 6.07) is 6.72. The SMILES string of the molecule is CC(=O)c1cccc(OCC(=O)OCC(=O)N[C@@H](C)C23CC4CC(CC(C4)C2)C3)c1. The maximum atomic E-state index is 12.4. The van der Waals surface area contributed by atoms with Gasteiger partial charge in [-0.2, -0.15) is 0 Å². The average molecular weight is 414 g/mol. The second kappa shape index (κ2) is 8.40. The third kappa shape index (κ3) is 4.52. The predicted octanol–water partition coefficient (Wildman–Crippen LogP) is 3.53. The Balaban J connectivity index is 1.21. The van der Waals surface area contributed by atoms with Crippen molar-refractivity contribution >= 4 is 17.7 Å². The Bertz CT molecular complexity index is 797. The summed E-state index contributed by atoms with van der Waals surface area (Å²) in [6.45, 7) is 2.97. The molecule has 0 saturated heterocycles. The first-order chi connectivity index (χ1) is 14.3. The summed E-state index contributed by atoms with van der Waals surface area (Å²) < 4.78 is 10.5. The van der Waals surface area contributed by atoms with E-state index in [0.717, 1.165) is 17.8 Å². The Kier molecular flexibility index (Phi) is 5.85. The summed E-state index contributed by atoms with van der Waals surface area (Å²) in [6.07, 6.45) is 7.75. The first-order valence-electron chi connectivity index (χ1n) is 11.0. The van der Waals surface area contributed by atoms with Gasteiger partial charge in [0.2, 0.25) is 0 Å². The lowest BCUT2D eigenvalue weighted by Crippen LogP contribution is -2.56. The highest BCUT2D eigenvalue weighted by atomic mass is 16.6. The van der Waals surface area contributed by atoms with Crippen molar-refractivity contribution in [1.29, 1.82) is 0 Å². The lowest BCUT2D eigenvalue weighted by atomic mass is 9.48. The van der Waals surface area contributed by atoms with E-state index in [-0.39, 0.29) is 36.4 Å². The molecular formula is C24H31NO5. The number of amides is 1. The number of carbonyl (C=O) groups excluding carboxylic acids is 3. The van der Waals surface area contributed by atoms with Gasteiger partial charge in [0.25, 0.3) is 5.91 Å². The van der Waals surface area contributed by atoms with Crippen molar-refractivity contribution in [2.24, 2.45) is 23.2 Å². The number of ketones is 1. The predicted molar refractivity (Wildman–Crippen MR) is 111 cm³/mol. The Morgan fingerprint density at radius 2 is 1.70 bits per heavy atom. The molecular weight excluding hydrogens is 382 g/mol. The van der Waals surface area contributed by atoms with Gasteiger partial charge < -0.3 is 14.8 Å². The smallest absolute Gasteiger partial charge is 0.344 e. The fourth-order valence-corrected chi connectivity index (χ4v) is 6.28. The molecule has 4 aliphatic rings. The molecule has 1 N–H and O–H groups in total. The van der Waals surface area contributed by atoms with Gasteiger partial charge in [-0.25, -0.2) is 4.79 Å². The van der Waals surface area contributed by atoms with E-state index in [9.17, 15) is 14.4 Å². The topological polar surface area (TPSA) is 81.7 Å². The van der Waals surface area contributed by atoms with Gasteiger partial charge in [0, 0.05) is 11.6 Å². The van der Waals surface area contributed by atoms with Gasteiger partial charge in [0.1, 0.15) is 5.75 Å². The number of rotatable bonds is 8. The van der Waals surface area contributed by atoms with Crippen LogP contribution in [-0.2, 0) is 14.3 Å². The number of benzene rings is 1. The number of ether oxygens (including phenoxy) is 2. The summed E-state index contributed by atoms with van der Waals surface area (Å²) in [5.41, 5.74) is 0.734. The zero-order chi connectivity index (χ0) is 21.3. The van der Waals surface area contributed by atoms with Gasteiger partial charge >= 0.3 is 5.97 Å². The van der Waals surface area contributed by atoms with E-state index < -0.39 is 5.97 Å². The van der Waals surface area contributed by atoms with Crippen molar-refractivity contribution in [3.05, 3.63) is 29.8 Å². The van der Waals surface area contributed by atoms with Crippen molar-refractivity contribution in [3.8, 4) is 5.75 Å². The summed E-state index contributed by atoms with van der Waals surface area (Å²) >= 11 is 0. The molecule has 0 heterocycles. The van der Waals surface area contributed by atoms with E-state index in [1.807, 2.05) is 0 Å². The molecule has 0 aliphatic heterocycles. The third-order valence-corrected chi connectivity index (χ3v) is 7.34. The van der Waals surface area contributed by atoms with Crippen molar-refractivity contribution in [1.82, 2.24) is 5.32 Å². The van der Waals surface area contributed by atoms with Crippen LogP contribution in [0.5, 0.6) is 5.75 Å². The molecule has 162 valence electrons. The summed E-state index contributed by atoms with van der Waals surface area (Å²) in [7, 11) is 0. The summed E-state index contributed by atoms with van der Waals surface area (Å²) in [5.74, 6) is 1.95. The fourth-order valence-electron chi connectivity index (χ4n) is 6.28. The quantitative estimate of drug-likeness (QED) is 0.521. The second-order valence-electron chi connectivity index (χ2n) is 9.60. The maximum absolute atomic E-state index is 12.4. The molecule has 4 bridgehead atoms. The molecule has 30 heavy (non-hydrogen) atoms. The highest BCUT2D eigenvalue weighted by molar-refractivity contribution is 5.94. The summed E-state index contributed by atoms with van der Waals surface area (Å²) in [4.78, 5) is 35.7. The Labute approximate surface area is 177 Å². The van der Waals surface area contributed by atoms with Crippen molar-refractivity contribution in [2.45, 2.75) is 58.4 Å². The van der Waals surface area contributed by atoms with Crippen molar-refractivity contribution < 1.29 is 23.9 Å². The Hall–Kier alpha value is -2.37. The first kappa shape index (κ1) is 20.9. The number of hydrogen-bond donors (Lipinski definition) is 1. The molecule has 0 aromatic heterocycles. The number of nitrogens with one attached hydrogen (secondary N) is 1. The molecule has 6 nitrogen and oxygen atoms in total. The van der Waals surface area contributed by atoms with Gasteiger partial charge in [0.05, 0.1) is 0 Å². The van der Waals surface area contributed by atoms with Crippen LogP contribution in [0.3, 0.4) is 0 Å². The van der Waals surface area contributed by atoms with Crippen molar-refractivity contribution in [2.75, 3.05) is 13.2 Å².